The lowest BCUT2D eigenvalue weighted by molar-refractivity contribution is 1.19. The predicted octanol–water partition coefficient (Wildman–Crippen LogP) is 12.9. The molecule has 3 heterocycles. The SMILES string of the molecule is c1ccc(-n2c3ccccc3c3sc4c(-c5ccccc5-c5ccc6c(c5)sc5ccc7ccccc7c56)cccc4c32)cc1. The summed E-state index contributed by atoms with van der Waals surface area (Å²) in [7, 11) is 0. The molecule has 0 fully saturated rings. The van der Waals surface area contributed by atoms with E-state index in [0.717, 1.165) is 0 Å². The summed E-state index contributed by atoms with van der Waals surface area (Å²) in [4.78, 5) is 0. The number of thiophene rings is 2. The topological polar surface area (TPSA) is 4.93 Å². The van der Waals surface area contributed by atoms with E-state index in [4.69, 9.17) is 0 Å². The molecule has 0 unspecified atom stereocenters. The van der Waals surface area contributed by atoms with Gasteiger partial charge in [-0.1, -0.05) is 121 Å². The van der Waals surface area contributed by atoms with Crippen molar-refractivity contribution >= 4 is 84.8 Å². The minimum Gasteiger partial charge on any atom is -0.308 e. The average Bonchev–Trinajstić information content (AvgIpc) is 3.77. The lowest BCUT2D eigenvalue weighted by Crippen LogP contribution is -1.93. The highest BCUT2D eigenvalue weighted by molar-refractivity contribution is 7.27. The molecule has 10 aromatic rings. The van der Waals surface area contributed by atoms with Crippen LogP contribution in [0.5, 0.6) is 0 Å². The van der Waals surface area contributed by atoms with Crippen LogP contribution in [-0.4, -0.2) is 4.57 Å². The zero-order chi connectivity index (χ0) is 29.5. The van der Waals surface area contributed by atoms with Crippen molar-refractivity contribution < 1.29 is 0 Å². The number of aromatic nitrogens is 1. The van der Waals surface area contributed by atoms with E-state index in [-0.39, 0.29) is 0 Å². The van der Waals surface area contributed by atoms with Crippen molar-refractivity contribution in [3.63, 3.8) is 0 Å². The first-order chi connectivity index (χ1) is 22.3. The van der Waals surface area contributed by atoms with Crippen LogP contribution in [0, 0.1) is 0 Å². The second-order valence-corrected chi connectivity index (χ2v) is 13.8. The van der Waals surface area contributed by atoms with E-state index in [0.29, 0.717) is 0 Å². The molecule has 7 aromatic carbocycles. The van der Waals surface area contributed by atoms with Crippen LogP contribution in [0.4, 0.5) is 0 Å². The fourth-order valence-corrected chi connectivity index (χ4v) is 9.74. The lowest BCUT2D eigenvalue weighted by Gasteiger charge is -2.12. The first-order valence-corrected chi connectivity index (χ1v) is 16.9. The number of fused-ring (bicyclic) bond motifs is 10. The molecule has 210 valence electrons. The number of hydrogen-bond donors (Lipinski definition) is 0. The Kier molecular flexibility index (Phi) is 5.39. The lowest BCUT2D eigenvalue weighted by atomic mass is 9.93. The Balaban J connectivity index is 1.21. The van der Waals surface area contributed by atoms with E-state index >= 15 is 0 Å². The Bertz CT molecular complexity index is 2760. The van der Waals surface area contributed by atoms with Gasteiger partial charge in [-0.05, 0) is 57.8 Å². The third-order valence-electron chi connectivity index (χ3n) is 9.21. The molecule has 0 spiro atoms. The van der Waals surface area contributed by atoms with Gasteiger partial charge >= 0.3 is 0 Å². The first kappa shape index (κ1) is 25.1. The molecule has 10 rings (SSSR count). The maximum absolute atomic E-state index is 2.44. The molecular formula is C42H25NS2. The summed E-state index contributed by atoms with van der Waals surface area (Å²) >= 11 is 3.81. The monoisotopic (exact) mass is 607 g/mol. The minimum atomic E-state index is 1.19. The molecule has 45 heavy (non-hydrogen) atoms. The van der Waals surface area contributed by atoms with Crippen LogP contribution >= 0.6 is 22.7 Å². The Hall–Kier alpha value is -5.22. The summed E-state index contributed by atoms with van der Waals surface area (Å²) in [6.45, 7) is 0. The van der Waals surface area contributed by atoms with Crippen LogP contribution in [0.1, 0.15) is 0 Å². The standard InChI is InChI=1S/C42H25NS2/c1-2-12-28(13-3-1)43-36-20-9-8-17-33(36)42-40(43)35-19-10-18-32(41(35)45-42)31-16-7-6-14-29(31)27-21-23-34-38(25-27)44-37-24-22-26-11-4-5-15-30(26)39(34)37/h1-25H. The summed E-state index contributed by atoms with van der Waals surface area (Å²) in [5.41, 5.74) is 8.82. The van der Waals surface area contributed by atoms with E-state index in [2.05, 4.69) is 156 Å². The highest BCUT2D eigenvalue weighted by atomic mass is 32.1. The fourth-order valence-electron chi connectivity index (χ4n) is 7.23. The molecule has 0 aliphatic carbocycles. The van der Waals surface area contributed by atoms with Crippen molar-refractivity contribution in [2.75, 3.05) is 0 Å². The number of rotatable bonds is 3. The summed E-state index contributed by atoms with van der Waals surface area (Å²) in [5, 5.41) is 7.94. The van der Waals surface area contributed by atoms with Gasteiger partial charge in [0.05, 0.1) is 15.7 Å². The van der Waals surface area contributed by atoms with Crippen molar-refractivity contribution in [2.24, 2.45) is 0 Å². The zero-order valence-corrected chi connectivity index (χ0v) is 25.8. The van der Waals surface area contributed by atoms with Crippen molar-refractivity contribution in [3.05, 3.63) is 152 Å². The van der Waals surface area contributed by atoms with Crippen LogP contribution < -0.4 is 0 Å². The highest BCUT2D eigenvalue weighted by Crippen LogP contribution is 2.47. The molecule has 0 saturated carbocycles. The minimum absolute atomic E-state index is 1.19. The van der Waals surface area contributed by atoms with Crippen LogP contribution in [-0.2, 0) is 0 Å². The van der Waals surface area contributed by atoms with Gasteiger partial charge in [-0.15, -0.1) is 22.7 Å². The van der Waals surface area contributed by atoms with Gasteiger partial charge in [0.2, 0.25) is 0 Å². The second kappa shape index (κ2) is 9.64. The summed E-state index contributed by atoms with van der Waals surface area (Å²) in [5.74, 6) is 0. The zero-order valence-electron chi connectivity index (χ0n) is 24.2. The van der Waals surface area contributed by atoms with Gasteiger partial charge < -0.3 is 4.57 Å². The smallest absolute Gasteiger partial charge is 0.0727 e. The average molecular weight is 608 g/mol. The Morgan fingerprint density at radius 3 is 2.07 bits per heavy atom. The van der Waals surface area contributed by atoms with Gasteiger partial charge in [0.25, 0.3) is 0 Å². The van der Waals surface area contributed by atoms with Gasteiger partial charge in [-0.3, -0.25) is 0 Å². The maximum atomic E-state index is 2.44. The molecule has 0 atom stereocenters. The molecule has 0 aliphatic rings. The second-order valence-electron chi connectivity index (χ2n) is 11.7. The third-order valence-corrected chi connectivity index (χ3v) is 11.6. The van der Waals surface area contributed by atoms with Crippen molar-refractivity contribution in [1.82, 2.24) is 4.57 Å². The third kappa shape index (κ3) is 3.66. The molecule has 0 aliphatic heterocycles. The fraction of sp³-hybridized carbons (Fsp3) is 0. The number of para-hydroxylation sites is 2. The van der Waals surface area contributed by atoms with E-state index in [1.165, 1.54) is 90.1 Å². The molecule has 0 saturated heterocycles. The van der Waals surface area contributed by atoms with Gasteiger partial charge in [0.15, 0.2) is 0 Å². The van der Waals surface area contributed by atoms with Gasteiger partial charge in [0, 0.05) is 46.9 Å². The molecule has 3 aromatic heterocycles. The number of benzene rings is 7. The van der Waals surface area contributed by atoms with Gasteiger partial charge in [-0.25, -0.2) is 0 Å². The maximum Gasteiger partial charge on any atom is 0.0727 e. The molecule has 0 radical (unpaired) electrons. The summed E-state index contributed by atoms with van der Waals surface area (Å²) in [6.07, 6.45) is 0. The molecule has 0 bridgehead atoms. The van der Waals surface area contributed by atoms with Crippen molar-refractivity contribution in [1.29, 1.82) is 0 Å². The van der Waals surface area contributed by atoms with Crippen LogP contribution in [0.25, 0.3) is 90.1 Å². The normalized spacial score (nSPS) is 12.0. The Morgan fingerprint density at radius 2 is 1.16 bits per heavy atom. The predicted molar refractivity (Wildman–Crippen MR) is 197 cm³/mol. The summed E-state index contributed by atoms with van der Waals surface area (Å²) < 4.78 is 7.79. The number of hydrogen-bond acceptors (Lipinski definition) is 2. The van der Waals surface area contributed by atoms with E-state index in [1.807, 2.05) is 22.7 Å². The quantitative estimate of drug-likeness (QED) is 0.188. The van der Waals surface area contributed by atoms with Crippen molar-refractivity contribution in [2.45, 2.75) is 0 Å². The Labute approximate surface area is 267 Å². The Morgan fingerprint density at radius 1 is 0.422 bits per heavy atom. The molecule has 0 amide bonds. The van der Waals surface area contributed by atoms with Gasteiger partial charge in [-0.2, -0.15) is 0 Å². The first-order valence-electron chi connectivity index (χ1n) is 15.3. The van der Waals surface area contributed by atoms with Crippen LogP contribution in [0.2, 0.25) is 0 Å². The van der Waals surface area contributed by atoms with E-state index < -0.39 is 0 Å². The largest absolute Gasteiger partial charge is 0.308 e. The highest BCUT2D eigenvalue weighted by Gasteiger charge is 2.20. The number of nitrogens with zero attached hydrogens (tertiary/aromatic N) is 1. The molecule has 3 heteroatoms. The molecule has 0 N–H and O–H groups in total. The van der Waals surface area contributed by atoms with Crippen molar-refractivity contribution in [3.8, 4) is 27.9 Å². The summed E-state index contributed by atoms with van der Waals surface area (Å²) in [6, 6.07) is 55.6. The molecule has 1 nitrogen and oxygen atoms in total. The van der Waals surface area contributed by atoms with Crippen LogP contribution in [0.3, 0.4) is 0 Å². The van der Waals surface area contributed by atoms with E-state index in [1.54, 1.807) is 0 Å². The molecular weight excluding hydrogens is 583 g/mol. The van der Waals surface area contributed by atoms with Crippen LogP contribution in [0.15, 0.2) is 152 Å². The van der Waals surface area contributed by atoms with E-state index in [9.17, 15) is 0 Å². The van der Waals surface area contributed by atoms with Gasteiger partial charge in [0.1, 0.15) is 0 Å².